The molecule has 0 amide bonds. The van der Waals surface area contributed by atoms with Crippen molar-refractivity contribution in [2.75, 3.05) is 0 Å². The van der Waals surface area contributed by atoms with Crippen molar-refractivity contribution in [3.63, 3.8) is 0 Å². The van der Waals surface area contributed by atoms with Crippen LogP contribution in [-0.4, -0.2) is 26.8 Å². The van der Waals surface area contributed by atoms with E-state index in [1.807, 2.05) is 0 Å². The molecule has 5 nitrogen and oxygen atoms in total. The highest BCUT2D eigenvalue weighted by Crippen LogP contribution is 2.46. The topological polar surface area (TPSA) is 79.7 Å². The van der Waals surface area contributed by atoms with E-state index in [9.17, 15) is 19.4 Å². The molecule has 1 aliphatic carbocycles. The molecule has 162 valence electrons. The summed E-state index contributed by atoms with van der Waals surface area (Å²) in [6.07, 6.45) is 2.41. The number of carbonyl (C=O) groups excluding carboxylic acids is 1. The molecule has 0 aliphatic heterocycles. The fourth-order valence-corrected chi connectivity index (χ4v) is 4.38. The van der Waals surface area contributed by atoms with Gasteiger partial charge in [-0.05, 0) is 86.7 Å². The van der Waals surface area contributed by atoms with Gasteiger partial charge in [-0.1, -0.05) is 11.6 Å². The average Bonchev–Trinajstić information content (AvgIpc) is 2.76. The maximum atomic E-state index is 13.8. The van der Waals surface area contributed by atoms with Crippen LogP contribution in [-0.2, 0) is 10.4 Å². The van der Waals surface area contributed by atoms with Gasteiger partial charge in [0.2, 0.25) is 0 Å². The lowest BCUT2D eigenvalue weighted by atomic mass is 9.68. The number of hydrogen-bond acceptors (Lipinski definition) is 5. The fourth-order valence-electron chi connectivity index (χ4n) is 4.25. The summed E-state index contributed by atoms with van der Waals surface area (Å²) in [5.41, 5.74) is -1.39. The molecule has 1 fully saturated rings. The van der Waals surface area contributed by atoms with E-state index in [-0.39, 0.29) is 25.7 Å². The molecule has 1 aromatic heterocycles. The number of fused-ring (bicyclic) bond motifs is 1. The van der Waals surface area contributed by atoms with Crippen molar-refractivity contribution in [3.05, 3.63) is 71.1 Å². The van der Waals surface area contributed by atoms with Crippen molar-refractivity contribution in [2.45, 2.75) is 43.8 Å². The molecule has 2 aromatic carbocycles. The standard InChI is InChI=1S/C24H23ClFNO4/c1-15(22(28)31-18-5-2-16(25)3-6-18)23(29)9-11-24(30,12-10-23)20-8-13-27-21-7-4-17(26)14-19(20)21/h2-8,13-15,29-30H,9-12H2,1H3/t15-,23?,24?/m0/s1. The van der Waals surface area contributed by atoms with Gasteiger partial charge >= 0.3 is 5.97 Å². The molecule has 1 aliphatic rings. The van der Waals surface area contributed by atoms with Crippen molar-refractivity contribution in [3.8, 4) is 5.75 Å². The minimum atomic E-state index is -1.32. The molecule has 0 bridgehead atoms. The Kier molecular flexibility index (Phi) is 5.73. The van der Waals surface area contributed by atoms with Gasteiger partial charge in [-0.3, -0.25) is 9.78 Å². The summed E-state index contributed by atoms with van der Waals surface area (Å²) < 4.78 is 19.2. The van der Waals surface area contributed by atoms with Crippen LogP contribution in [0.2, 0.25) is 5.02 Å². The summed E-state index contributed by atoms with van der Waals surface area (Å²) in [4.78, 5) is 16.9. The Morgan fingerprint density at radius 1 is 1.10 bits per heavy atom. The number of aromatic nitrogens is 1. The van der Waals surface area contributed by atoms with Crippen LogP contribution in [0.25, 0.3) is 10.9 Å². The highest BCUT2D eigenvalue weighted by atomic mass is 35.5. The van der Waals surface area contributed by atoms with Gasteiger partial charge in [-0.15, -0.1) is 0 Å². The lowest BCUT2D eigenvalue weighted by Gasteiger charge is -2.43. The average molecular weight is 444 g/mol. The fraction of sp³-hybridized carbons (Fsp3) is 0.333. The quantitative estimate of drug-likeness (QED) is 0.449. The molecule has 4 rings (SSSR count). The van der Waals surface area contributed by atoms with E-state index >= 15 is 0 Å². The number of pyridine rings is 1. The van der Waals surface area contributed by atoms with E-state index in [4.69, 9.17) is 16.3 Å². The van der Waals surface area contributed by atoms with Crippen LogP contribution in [0.5, 0.6) is 5.75 Å². The molecule has 0 unspecified atom stereocenters. The summed E-state index contributed by atoms with van der Waals surface area (Å²) >= 11 is 5.85. The lowest BCUT2D eigenvalue weighted by Crippen LogP contribution is -2.48. The summed E-state index contributed by atoms with van der Waals surface area (Å²) in [5, 5.41) is 23.6. The molecular formula is C24H23ClFNO4. The maximum Gasteiger partial charge on any atom is 0.316 e. The van der Waals surface area contributed by atoms with Gasteiger partial charge in [-0.2, -0.15) is 0 Å². The first-order chi connectivity index (χ1) is 14.7. The predicted molar refractivity (Wildman–Crippen MR) is 115 cm³/mol. The number of ether oxygens (including phenoxy) is 1. The second-order valence-corrected chi connectivity index (χ2v) is 8.69. The normalized spacial score (nSPS) is 24.7. The number of esters is 1. The third-order valence-electron chi connectivity index (χ3n) is 6.34. The molecule has 0 spiro atoms. The van der Waals surface area contributed by atoms with Gasteiger partial charge in [-0.25, -0.2) is 4.39 Å². The van der Waals surface area contributed by atoms with Crippen molar-refractivity contribution in [2.24, 2.45) is 5.92 Å². The molecule has 1 heterocycles. The summed E-state index contributed by atoms with van der Waals surface area (Å²) in [6.45, 7) is 1.62. The summed E-state index contributed by atoms with van der Waals surface area (Å²) in [7, 11) is 0. The molecule has 0 radical (unpaired) electrons. The first-order valence-electron chi connectivity index (χ1n) is 10.2. The van der Waals surface area contributed by atoms with Crippen molar-refractivity contribution in [1.29, 1.82) is 0 Å². The van der Waals surface area contributed by atoms with Gasteiger partial charge in [0.1, 0.15) is 11.6 Å². The van der Waals surface area contributed by atoms with E-state index < -0.39 is 28.9 Å². The molecule has 1 saturated carbocycles. The highest BCUT2D eigenvalue weighted by molar-refractivity contribution is 6.30. The van der Waals surface area contributed by atoms with Gasteiger partial charge in [0, 0.05) is 16.6 Å². The molecule has 2 N–H and O–H groups in total. The Bertz CT molecular complexity index is 1110. The van der Waals surface area contributed by atoms with Gasteiger partial charge in [0.15, 0.2) is 0 Å². The van der Waals surface area contributed by atoms with E-state index in [1.165, 1.54) is 12.1 Å². The molecule has 0 saturated heterocycles. The van der Waals surface area contributed by atoms with Crippen LogP contribution in [0, 0.1) is 11.7 Å². The maximum absolute atomic E-state index is 13.8. The van der Waals surface area contributed by atoms with Crippen molar-refractivity contribution >= 4 is 28.5 Å². The van der Waals surface area contributed by atoms with Gasteiger partial charge < -0.3 is 14.9 Å². The second kappa shape index (κ2) is 8.19. The number of halogens is 2. The van der Waals surface area contributed by atoms with Crippen molar-refractivity contribution < 1.29 is 24.1 Å². The third kappa shape index (κ3) is 4.28. The Labute approximate surface area is 184 Å². The Morgan fingerprint density at radius 3 is 2.45 bits per heavy atom. The summed E-state index contributed by atoms with van der Waals surface area (Å²) in [5.74, 6) is -1.40. The molecular weight excluding hydrogens is 421 g/mol. The largest absolute Gasteiger partial charge is 0.426 e. The Morgan fingerprint density at radius 2 is 1.77 bits per heavy atom. The zero-order chi connectivity index (χ0) is 22.2. The number of nitrogens with zero attached hydrogens (tertiary/aromatic N) is 1. The number of aliphatic hydroxyl groups is 2. The van der Waals surface area contributed by atoms with Crippen LogP contribution in [0.15, 0.2) is 54.7 Å². The van der Waals surface area contributed by atoms with E-state index in [2.05, 4.69) is 4.98 Å². The van der Waals surface area contributed by atoms with Crippen LogP contribution in [0.3, 0.4) is 0 Å². The smallest absolute Gasteiger partial charge is 0.316 e. The lowest BCUT2D eigenvalue weighted by molar-refractivity contribution is -0.157. The van der Waals surface area contributed by atoms with Crippen LogP contribution >= 0.6 is 11.6 Å². The monoisotopic (exact) mass is 443 g/mol. The molecule has 3 aromatic rings. The molecule has 31 heavy (non-hydrogen) atoms. The minimum Gasteiger partial charge on any atom is -0.426 e. The van der Waals surface area contributed by atoms with Gasteiger partial charge in [0.25, 0.3) is 0 Å². The van der Waals surface area contributed by atoms with Crippen LogP contribution in [0.1, 0.15) is 38.2 Å². The highest BCUT2D eigenvalue weighted by Gasteiger charge is 2.47. The second-order valence-electron chi connectivity index (χ2n) is 8.25. The SMILES string of the molecule is C[C@@H](C(=O)Oc1ccc(Cl)cc1)C1(O)CCC(O)(c2ccnc3ccc(F)cc23)CC1. The third-order valence-corrected chi connectivity index (χ3v) is 6.59. The first kappa shape index (κ1) is 21.7. The molecule has 7 heteroatoms. The van der Waals surface area contributed by atoms with E-state index in [0.717, 1.165) is 0 Å². The van der Waals surface area contributed by atoms with Crippen LogP contribution < -0.4 is 4.74 Å². The Balaban J connectivity index is 1.51. The van der Waals surface area contributed by atoms with Gasteiger partial charge in [0.05, 0.1) is 22.6 Å². The summed E-state index contributed by atoms with van der Waals surface area (Å²) in [6, 6.07) is 12.4. The number of rotatable bonds is 4. The van der Waals surface area contributed by atoms with E-state index in [0.29, 0.717) is 27.2 Å². The first-order valence-corrected chi connectivity index (χ1v) is 10.5. The number of hydrogen-bond donors (Lipinski definition) is 2. The van der Waals surface area contributed by atoms with E-state index in [1.54, 1.807) is 49.5 Å². The molecule has 1 atom stereocenters. The number of carbonyl (C=O) groups is 1. The Hall–Kier alpha value is -2.54. The van der Waals surface area contributed by atoms with Crippen LogP contribution in [0.4, 0.5) is 4.39 Å². The minimum absolute atomic E-state index is 0.194. The predicted octanol–water partition coefficient (Wildman–Crippen LogP) is 4.76. The van der Waals surface area contributed by atoms with Crippen molar-refractivity contribution in [1.82, 2.24) is 4.98 Å². The zero-order valence-corrected chi connectivity index (χ0v) is 17.8. The number of benzene rings is 2. The zero-order valence-electron chi connectivity index (χ0n) is 17.0.